The molecule has 2 rings (SSSR count). The van der Waals surface area contributed by atoms with Crippen molar-refractivity contribution in [1.29, 1.82) is 0 Å². The molecule has 0 saturated heterocycles. The van der Waals surface area contributed by atoms with Crippen LogP contribution in [0, 0.1) is 0 Å². The number of hydrogen-bond donors (Lipinski definition) is 1. The van der Waals surface area contributed by atoms with Gasteiger partial charge in [-0.3, -0.25) is 0 Å². The van der Waals surface area contributed by atoms with Gasteiger partial charge in [-0.1, -0.05) is 59.7 Å². The standard InChI is InChI=1S/C19H26N2/c1-18(2,3)15-9-14(10-16(11-15)19(4,5)6)13-7-8-17(20)21-12-13/h7-12H,1-6H3,(H2,20,21). The van der Waals surface area contributed by atoms with E-state index in [0.29, 0.717) is 5.82 Å². The van der Waals surface area contributed by atoms with Gasteiger partial charge in [0.15, 0.2) is 0 Å². The first-order valence-corrected chi connectivity index (χ1v) is 7.45. The molecule has 1 aromatic carbocycles. The molecule has 0 aliphatic heterocycles. The van der Waals surface area contributed by atoms with Gasteiger partial charge in [0.2, 0.25) is 0 Å². The van der Waals surface area contributed by atoms with Gasteiger partial charge in [-0.05, 0) is 39.7 Å². The maximum atomic E-state index is 5.69. The summed E-state index contributed by atoms with van der Waals surface area (Å²) < 4.78 is 0. The molecular formula is C19H26N2. The molecule has 21 heavy (non-hydrogen) atoms. The first kappa shape index (κ1) is 15.6. The second-order valence-electron chi connectivity index (χ2n) is 7.77. The highest BCUT2D eigenvalue weighted by Gasteiger charge is 2.20. The molecule has 0 aliphatic carbocycles. The van der Waals surface area contributed by atoms with Crippen molar-refractivity contribution in [2.24, 2.45) is 0 Å². The number of pyridine rings is 1. The molecule has 0 atom stereocenters. The summed E-state index contributed by atoms with van der Waals surface area (Å²) in [6.07, 6.45) is 1.85. The van der Waals surface area contributed by atoms with Crippen molar-refractivity contribution in [3.63, 3.8) is 0 Å². The van der Waals surface area contributed by atoms with E-state index in [1.807, 2.05) is 18.3 Å². The summed E-state index contributed by atoms with van der Waals surface area (Å²) in [5, 5.41) is 0. The monoisotopic (exact) mass is 282 g/mol. The average molecular weight is 282 g/mol. The van der Waals surface area contributed by atoms with Crippen LogP contribution in [0.1, 0.15) is 52.7 Å². The summed E-state index contributed by atoms with van der Waals surface area (Å²) in [6, 6.07) is 10.8. The van der Waals surface area contributed by atoms with Crippen molar-refractivity contribution in [3.8, 4) is 11.1 Å². The first-order chi connectivity index (χ1) is 9.57. The van der Waals surface area contributed by atoms with Crippen LogP contribution in [0.15, 0.2) is 36.5 Å². The molecule has 0 spiro atoms. The molecule has 2 heteroatoms. The number of nitrogens with zero attached hydrogens (tertiary/aromatic N) is 1. The highest BCUT2D eigenvalue weighted by Crippen LogP contribution is 2.33. The lowest BCUT2D eigenvalue weighted by atomic mass is 9.79. The Balaban J connectivity index is 2.63. The van der Waals surface area contributed by atoms with Crippen LogP contribution in [-0.4, -0.2) is 4.98 Å². The third-order valence-electron chi connectivity index (χ3n) is 3.78. The van der Waals surface area contributed by atoms with Gasteiger partial charge in [0.25, 0.3) is 0 Å². The van der Waals surface area contributed by atoms with Gasteiger partial charge in [0, 0.05) is 11.8 Å². The zero-order valence-corrected chi connectivity index (χ0v) is 14.0. The van der Waals surface area contributed by atoms with E-state index < -0.39 is 0 Å². The van der Waals surface area contributed by atoms with Crippen LogP contribution in [0.3, 0.4) is 0 Å². The van der Waals surface area contributed by atoms with Crippen LogP contribution >= 0.6 is 0 Å². The molecule has 0 aliphatic rings. The minimum Gasteiger partial charge on any atom is -0.384 e. The van der Waals surface area contributed by atoms with Gasteiger partial charge in [-0.15, -0.1) is 0 Å². The normalized spacial score (nSPS) is 12.5. The Morgan fingerprint density at radius 1 is 0.762 bits per heavy atom. The fraction of sp³-hybridized carbons (Fsp3) is 0.421. The van der Waals surface area contributed by atoms with Crippen LogP contribution in [0.5, 0.6) is 0 Å². The summed E-state index contributed by atoms with van der Waals surface area (Å²) in [6.45, 7) is 13.5. The Labute approximate surface area is 128 Å². The van der Waals surface area contributed by atoms with Crippen LogP contribution in [0.4, 0.5) is 5.82 Å². The largest absolute Gasteiger partial charge is 0.384 e. The van der Waals surface area contributed by atoms with Gasteiger partial charge in [0.1, 0.15) is 5.82 Å². The summed E-state index contributed by atoms with van der Waals surface area (Å²) in [7, 11) is 0. The maximum absolute atomic E-state index is 5.69. The zero-order chi connectivity index (χ0) is 15.8. The second kappa shape index (κ2) is 5.18. The molecular weight excluding hydrogens is 256 g/mol. The molecule has 0 fully saturated rings. The summed E-state index contributed by atoms with van der Waals surface area (Å²) >= 11 is 0. The van der Waals surface area contributed by atoms with E-state index in [1.165, 1.54) is 16.7 Å². The van der Waals surface area contributed by atoms with Gasteiger partial charge in [-0.2, -0.15) is 0 Å². The van der Waals surface area contributed by atoms with Crippen molar-refractivity contribution in [2.45, 2.75) is 52.4 Å². The predicted octanol–water partition coefficient (Wildman–Crippen LogP) is 4.93. The minimum atomic E-state index is 0.122. The molecule has 0 bridgehead atoms. The van der Waals surface area contributed by atoms with Crippen molar-refractivity contribution in [2.75, 3.05) is 5.73 Å². The van der Waals surface area contributed by atoms with E-state index in [2.05, 4.69) is 64.7 Å². The van der Waals surface area contributed by atoms with E-state index in [1.54, 1.807) is 0 Å². The highest BCUT2D eigenvalue weighted by molar-refractivity contribution is 5.66. The first-order valence-electron chi connectivity index (χ1n) is 7.45. The molecule has 0 unspecified atom stereocenters. The summed E-state index contributed by atoms with van der Waals surface area (Å²) in [4.78, 5) is 4.22. The average Bonchev–Trinajstić information content (AvgIpc) is 2.37. The minimum absolute atomic E-state index is 0.122. The molecule has 2 aromatic rings. The smallest absolute Gasteiger partial charge is 0.123 e. The number of nitrogens with two attached hydrogens (primary N) is 1. The number of anilines is 1. The molecule has 2 N–H and O–H groups in total. The van der Waals surface area contributed by atoms with Crippen LogP contribution in [0.2, 0.25) is 0 Å². The van der Waals surface area contributed by atoms with Crippen LogP contribution in [-0.2, 0) is 10.8 Å². The van der Waals surface area contributed by atoms with Gasteiger partial charge >= 0.3 is 0 Å². The Bertz CT molecular complexity index is 594. The fourth-order valence-electron chi connectivity index (χ4n) is 2.24. The topological polar surface area (TPSA) is 38.9 Å². The fourth-order valence-corrected chi connectivity index (χ4v) is 2.24. The van der Waals surface area contributed by atoms with E-state index in [0.717, 1.165) is 5.56 Å². The summed E-state index contributed by atoms with van der Waals surface area (Å²) in [5.41, 5.74) is 11.0. The van der Waals surface area contributed by atoms with Gasteiger partial charge in [-0.25, -0.2) is 4.98 Å². The van der Waals surface area contributed by atoms with E-state index in [-0.39, 0.29) is 10.8 Å². The van der Waals surface area contributed by atoms with Gasteiger partial charge in [0.05, 0.1) is 0 Å². The molecule has 2 nitrogen and oxygen atoms in total. The quantitative estimate of drug-likeness (QED) is 0.805. The molecule has 112 valence electrons. The number of benzene rings is 1. The molecule has 1 aromatic heterocycles. The van der Waals surface area contributed by atoms with E-state index in [4.69, 9.17) is 5.73 Å². The molecule has 1 heterocycles. The second-order valence-corrected chi connectivity index (χ2v) is 7.77. The SMILES string of the molecule is CC(C)(C)c1cc(-c2ccc(N)nc2)cc(C(C)(C)C)c1. The number of aromatic nitrogens is 1. The lowest BCUT2D eigenvalue weighted by Crippen LogP contribution is -2.16. The molecule has 0 radical (unpaired) electrons. The molecule has 0 saturated carbocycles. The van der Waals surface area contributed by atoms with E-state index in [9.17, 15) is 0 Å². The number of nitrogen functional groups attached to an aromatic ring is 1. The van der Waals surface area contributed by atoms with Crippen molar-refractivity contribution in [3.05, 3.63) is 47.7 Å². The third kappa shape index (κ3) is 3.63. The summed E-state index contributed by atoms with van der Waals surface area (Å²) in [5.74, 6) is 0.557. The lowest BCUT2D eigenvalue weighted by molar-refractivity contribution is 0.569. The molecule has 0 amide bonds. The number of rotatable bonds is 1. The Kier molecular flexibility index (Phi) is 3.83. The predicted molar refractivity (Wildman–Crippen MR) is 91.5 cm³/mol. The van der Waals surface area contributed by atoms with Crippen LogP contribution < -0.4 is 5.73 Å². The maximum Gasteiger partial charge on any atom is 0.123 e. The number of hydrogen-bond acceptors (Lipinski definition) is 2. The Morgan fingerprint density at radius 2 is 1.29 bits per heavy atom. The van der Waals surface area contributed by atoms with Crippen LogP contribution in [0.25, 0.3) is 11.1 Å². The van der Waals surface area contributed by atoms with Crippen molar-refractivity contribution >= 4 is 5.82 Å². The van der Waals surface area contributed by atoms with E-state index >= 15 is 0 Å². The lowest BCUT2D eigenvalue weighted by Gasteiger charge is -2.26. The Morgan fingerprint density at radius 3 is 1.67 bits per heavy atom. The van der Waals surface area contributed by atoms with Crippen molar-refractivity contribution in [1.82, 2.24) is 4.98 Å². The highest BCUT2D eigenvalue weighted by atomic mass is 14.8. The van der Waals surface area contributed by atoms with Crippen molar-refractivity contribution < 1.29 is 0 Å². The zero-order valence-electron chi connectivity index (χ0n) is 14.0. The third-order valence-corrected chi connectivity index (χ3v) is 3.78. The Hall–Kier alpha value is -1.83. The van der Waals surface area contributed by atoms with Gasteiger partial charge < -0.3 is 5.73 Å².